The van der Waals surface area contributed by atoms with E-state index in [1.54, 1.807) is 0 Å². The Kier molecular flexibility index (Phi) is 9.39. The molecule has 0 saturated carbocycles. The van der Waals surface area contributed by atoms with Crippen LogP contribution >= 0.6 is 11.3 Å². The van der Waals surface area contributed by atoms with Crippen LogP contribution in [-0.4, -0.2) is 9.13 Å². The van der Waals surface area contributed by atoms with Crippen LogP contribution in [-0.2, 0) is 0 Å². The molecule has 0 radical (unpaired) electrons. The van der Waals surface area contributed by atoms with E-state index in [-0.39, 0.29) is 0 Å². The van der Waals surface area contributed by atoms with Crippen LogP contribution in [0.15, 0.2) is 261 Å². The first-order valence-electron chi connectivity index (χ1n) is 23.9. The number of thiophene rings is 1. The second-order valence-corrected chi connectivity index (χ2v) is 19.1. The molecular weight excluding hydrogens is 867 g/mol. The maximum atomic E-state index is 2.43. The van der Waals surface area contributed by atoms with E-state index in [0.29, 0.717) is 0 Å². The second kappa shape index (κ2) is 16.4. The molecule has 0 bridgehead atoms. The van der Waals surface area contributed by atoms with Crippen LogP contribution in [0, 0.1) is 0 Å². The number of aromatic nitrogens is 2. The molecule has 0 aliphatic heterocycles. The number of benzene rings is 11. The highest BCUT2D eigenvalue weighted by atomic mass is 32.1. The first-order valence-corrected chi connectivity index (χ1v) is 24.7. The fourth-order valence-corrected chi connectivity index (χ4v) is 12.1. The van der Waals surface area contributed by atoms with Gasteiger partial charge in [0.1, 0.15) is 0 Å². The fourth-order valence-electron chi connectivity index (χ4n) is 10.9. The molecule has 0 unspecified atom stereocenters. The van der Waals surface area contributed by atoms with Gasteiger partial charge in [0.2, 0.25) is 0 Å². The van der Waals surface area contributed by atoms with Gasteiger partial charge in [0.15, 0.2) is 0 Å². The maximum Gasteiger partial charge on any atom is 0.0541 e. The molecule has 3 aromatic heterocycles. The van der Waals surface area contributed by atoms with E-state index in [2.05, 4.69) is 275 Å². The van der Waals surface area contributed by atoms with E-state index >= 15 is 0 Å². The van der Waals surface area contributed by atoms with Crippen molar-refractivity contribution in [3.8, 4) is 44.8 Å². The monoisotopic (exact) mass is 909 g/mol. The van der Waals surface area contributed by atoms with E-state index in [0.717, 1.165) is 28.4 Å². The highest BCUT2D eigenvalue weighted by Gasteiger charge is 2.21. The topological polar surface area (TPSA) is 13.1 Å². The van der Waals surface area contributed by atoms with Crippen LogP contribution in [0.3, 0.4) is 0 Å². The number of para-hydroxylation sites is 5. The number of anilines is 3. The van der Waals surface area contributed by atoms with E-state index < -0.39 is 0 Å². The third-order valence-electron chi connectivity index (χ3n) is 14.1. The smallest absolute Gasteiger partial charge is 0.0541 e. The van der Waals surface area contributed by atoms with Crippen molar-refractivity contribution in [1.29, 1.82) is 0 Å². The van der Waals surface area contributed by atoms with Gasteiger partial charge in [-0.2, -0.15) is 0 Å². The van der Waals surface area contributed by atoms with Gasteiger partial charge >= 0.3 is 0 Å². The predicted octanol–water partition coefficient (Wildman–Crippen LogP) is 18.7. The highest BCUT2D eigenvalue weighted by Crippen LogP contribution is 2.47. The summed E-state index contributed by atoms with van der Waals surface area (Å²) in [5, 5.41) is 7.58. The van der Waals surface area contributed by atoms with Crippen molar-refractivity contribution >= 4 is 92.2 Å². The molecular formula is C66H43N3S. The number of hydrogen-bond acceptors (Lipinski definition) is 2. The Morgan fingerprint density at radius 2 is 0.714 bits per heavy atom. The molecule has 14 aromatic rings. The van der Waals surface area contributed by atoms with Gasteiger partial charge in [0, 0.05) is 70.0 Å². The van der Waals surface area contributed by atoms with E-state index in [1.165, 1.54) is 97.2 Å². The molecule has 0 saturated heterocycles. The summed E-state index contributed by atoms with van der Waals surface area (Å²) in [4.78, 5) is 2.43. The number of fused-ring (bicyclic) bond motifs is 9. The van der Waals surface area contributed by atoms with Crippen molar-refractivity contribution in [3.63, 3.8) is 0 Å². The van der Waals surface area contributed by atoms with Gasteiger partial charge in [-0.1, -0.05) is 158 Å². The van der Waals surface area contributed by atoms with Gasteiger partial charge in [-0.05, 0) is 131 Å². The summed E-state index contributed by atoms with van der Waals surface area (Å²) in [6.07, 6.45) is 0. The fraction of sp³-hybridized carbons (Fsp3) is 0. The lowest BCUT2D eigenvalue weighted by atomic mass is 9.96. The standard InChI is InChI=1S/C66H43N3S/c1-3-16-48(17-4-1)68-60-26-12-8-21-53(60)57-42-46(34-40-62(57)68)44-30-36-50(37-31-44)67(59-25-11-7-20-52(59)55-24-15-29-65-66(55)56-23-10-14-28-64(56)70-65)51-38-32-45(33-39-51)47-35-41-63-58(43-47)54-22-9-13-27-61(54)69(63)49-18-5-2-6-19-49/h1-43H. The molecule has 0 fully saturated rings. The maximum absolute atomic E-state index is 2.43. The lowest BCUT2D eigenvalue weighted by Gasteiger charge is -2.28. The van der Waals surface area contributed by atoms with Crippen LogP contribution in [0.25, 0.3) is 109 Å². The zero-order chi connectivity index (χ0) is 46.1. The third kappa shape index (κ3) is 6.49. The van der Waals surface area contributed by atoms with E-state index in [1.807, 2.05) is 11.3 Å². The van der Waals surface area contributed by atoms with Gasteiger partial charge < -0.3 is 14.0 Å². The van der Waals surface area contributed by atoms with Crippen LogP contribution in [0.1, 0.15) is 0 Å². The van der Waals surface area contributed by atoms with Gasteiger partial charge in [0.25, 0.3) is 0 Å². The summed E-state index contributed by atoms with van der Waals surface area (Å²) in [5.41, 5.74) is 17.6. The van der Waals surface area contributed by atoms with Crippen molar-refractivity contribution in [2.75, 3.05) is 4.90 Å². The summed E-state index contributed by atoms with van der Waals surface area (Å²) in [6.45, 7) is 0. The van der Waals surface area contributed by atoms with Crippen LogP contribution < -0.4 is 4.90 Å². The molecule has 0 aliphatic carbocycles. The number of nitrogens with zero attached hydrogens (tertiary/aromatic N) is 3. The predicted molar refractivity (Wildman–Crippen MR) is 299 cm³/mol. The molecule has 14 rings (SSSR count). The van der Waals surface area contributed by atoms with Gasteiger partial charge in [-0.3, -0.25) is 0 Å². The second-order valence-electron chi connectivity index (χ2n) is 18.1. The zero-order valence-corrected chi connectivity index (χ0v) is 38.9. The minimum absolute atomic E-state index is 1.09. The lowest BCUT2D eigenvalue weighted by molar-refractivity contribution is 1.18. The Morgan fingerprint density at radius 3 is 1.29 bits per heavy atom. The average Bonchev–Trinajstić information content (AvgIpc) is 4.10. The zero-order valence-electron chi connectivity index (χ0n) is 38.1. The number of rotatable bonds is 8. The molecule has 328 valence electrons. The van der Waals surface area contributed by atoms with Crippen LogP contribution in [0.2, 0.25) is 0 Å². The Bertz CT molecular complexity index is 4070. The molecule has 0 N–H and O–H groups in total. The lowest BCUT2D eigenvalue weighted by Crippen LogP contribution is -2.11. The van der Waals surface area contributed by atoms with Gasteiger partial charge in [-0.25, -0.2) is 0 Å². The minimum Gasteiger partial charge on any atom is -0.310 e. The Balaban J connectivity index is 0.897. The molecule has 0 aliphatic rings. The van der Waals surface area contributed by atoms with E-state index in [4.69, 9.17) is 0 Å². The van der Waals surface area contributed by atoms with E-state index in [9.17, 15) is 0 Å². The summed E-state index contributed by atoms with van der Waals surface area (Å²) in [6, 6.07) is 95.4. The molecule has 4 heteroatoms. The highest BCUT2D eigenvalue weighted by molar-refractivity contribution is 7.25. The normalized spacial score (nSPS) is 11.7. The summed E-state index contributed by atoms with van der Waals surface area (Å²) < 4.78 is 7.35. The minimum atomic E-state index is 1.09. The van der Waals surface area contributed by atoms with Crippen LogP contribution in [0.5, 0.6) is 0 Å². The molecule has 0 spiro atoms. The largest absolute Gasteiger partial charge is 0.310 e. The molecule has 3 nitrogen and oxygen atoms in total. The summed E-state index contributed by atoms with van der Waals surface area (Å²) >= 11 is 1.86. The molecule has 70 heavy (non-hydrogen) atoms. The first-order chi connectivity index (χ1) is 34.7. The van der Waals surface area contributed by atoms with Gasteiger partial charge in [0.05, 0.1) is 27.8 Å². The van der Waals surface area contributed by atoms with Crippen molar-refractivity contribution in [1.82, 2.24) is 9.13 Å². The Morgan fingerprint density at radius 1 is 0.286 bits per heavy atom. The van der Waals surface area contributed by atoms with Gasteiger partial charge in [-0.15, -0.1) is 11.3 Å². The Labute approximate surface area is 409 Å². The first kappa shape index (κ1) is 40.1. The van der Waals surface area contributed by atoms with Crippen molar-refractivity contribution in [2.45, 2.75) is 0 Å². The average molecular weight is 910 g/mol. The number of hydrogen-bond donors (Lipinski definition) is 0. The van der Waals surface area contributed by atoms with Crippen molar-refractivity contribution in [2.24, 2.45) is 0 Å². The van der Waals surface area contributed by atoms with Crippen LogP contribution in [0.4, 0.5) is 17.1 Å². The quantitative estimate of drug-likeness (QED) is 0.148. The molecule has 0 atom stereocenters. The van der Waals surface area contributed by atoms with Crippen molar-refractivity contribution in [3.05, 3.63) is 261 Å². The van der Waals surface area contributed by atoms with Crippen molar-refractivity contribution < 1.29 is 0 Å². The molecule has 0 amide bonds. The molecule has 11 aromatic carbocycles. The molecule has 3 heterocycles. The third-order valence-corrected chi connectivity index (χ3v) is 15.3. The summed E-state index contributed by atoms with van der Waals surface area (Å²) in [7, 11) is 0. The Hall–Kier alpha value is -8.96. The summed E-state index contributed by atoms with van der Waals surface area (Å²) in [5.74, 6) is 0. The SMILES string of the molecule is c1ccc(-n2c3ccccc3c3cc(-c4ccc(N(c5ccc(-c6ccc7c(c6)c6ccccc6n7-c6ccccc6)cc5)c5ccccc5-c5cccc6sc7ccccc7c56)cc4)ccc32)cc1.